The minimum atomic E-state index is -3.74. The van der Waals surface area contributed by atoms with Crippen molar-refractivity contribution < 1.29 is 27.5 Å². The van der Waals surface area contributed by atoms with E-state index in [2.05, 4.69) is 5.32 Å². The molecule has 0 aromatic heterocycles. The van der Waals surface area contributed by atoms with Crippen molar-refractivity contribution >= 4 is 27.6 Å². The SMILES string of the molecule is CC(=O)[C@@H](Cc1ccccc1)NC(=O)COc1ccc(S(=O)(=O)N2CCCC2)cc1C(N)=O. The molecule has 1 aliphatic heterocycles. The van der Waals surface area contributed by atoms with Crippen molar-refractivity contribution in [3.63, 3.8) is 0 Å². The van der Waals surface area contributed by atoms with Gasteiger partial charge in [0.2, 0.25) is 10.0 Å². The largest absolute Gasteiger partial charge is 0.483 e. The lowest BCUT2D eigenvalue weighted by Crippen LogP contribution is -2.43. The van der Waals surface area contributed by atoms with E-state index in [1.165, 1.54) is 23.4 Å². The zero-order valence-corrected chi connectivity index (χ0v) is 19.1. The van der Waals surface area contributed by atoms with Crippen LogP contribution in [-0.2, 0) is 26.0 Å². The Balaban J connectivity index is 1.69. The number of nitrogens with two attached hydrogens (primary N) is 1. The smallest absolute Gasteiger partial charge is 0.258 e. The quantitative estimate of drug-likeness (QED) is 0.533. The highest BCUT2D eigenvalue weighted by atomic mass is 32.2. The van der Waals surface area contributed by atoms with Crippen LogP contribution in [0.5, 0.6) is 5.75 Å². The van der Waals surface area contributed by atoms with Gasteiger partial charge in [-0.25, -0.2) is 8.42 Å². The maximum atomic E-state index is 12.8. The van der Waals surface area contributed by atoms with Gasteiger partial charge < -0.3 is 15.8 Å². The Bertz CT molecular complexity index is 1130. The molecule has 176 valence electrons. The van der Waals surface area contributed by atoms with Crippen molar-refractivity contribution in [2.45, 2.75) is 37.1 Å². The van der Waals surface area contributed by atoms with E-state index in [9.17, 15) is 22.8 Å². The molecule has 3 N–H and O–H groups in total. The van der Waals surface area contributed by atoms with Crippen molar-refractivity contribution in [1.29, 1.82) is 0 Å². The molecule has 0 unspecified atom stereocenters. The Morgan fingerprint density at radius 3 is 2.36 bits per heavy atom. The molecule has 0 spiro atoms. The van der Waals surface area contributed by atoms with Crippen LogP contribution in [0.4, 0.5) is 0 Å². The summed E-state index contributed by atoms with van der Waals surface area (Å²) in [5, 5.41) is 2.62. The van der Waals surface area contributed by atoms with Gasteiger partial charge in [0.15, 0.2) is 12.4 Å². The number of amides is 2. The first-order chi connectivity index (χ1) is 15.7. The number of hydrogen-bond donors (Lipinski definition) is 2. The Morgan fingerprint density at radius 1 is 1.09 bits per heavy atom. The molecule has 2 amide bonds. The van der Waals surface area contributed by atoms with Crippen LogP contribution >= 0.6 is 0 Å². The van der Waals surface area contributed by atoms with Gasteiger partial charge >= 0.3 is 0 Å². The highest BCUT2D eigenvalue weighted by Gasteiger charge is 2.28. The highest BCUT2D eigenvalue weighted by Crippen LogP contribution is 2.26. The lowest BCUT2D eigenvalue weighted by atomic mass is 10.0. The van der Waals surface area contributed by atoms with Crippen LogP contribution in [0.2, 0.25) is 0 Å². The summed E-state index contributed by atoms with van der Waals surface area (Å²) in [5.74, 6) is -1.66. The summed E-state index contributed by atoms with van der Waals surface area (Å²) in [4.78, 5) is 36.2. The number of nitrogens with zero attached hydrogens (tertiary/aromatic N) is 1. The van der Waals surface area contributed by atoms with E-state index >= 15 is 0 Å². The fourth-order valence-electron chi connectivity index (χ4n) is 3.59. The normalized spacial score (nSPS) is 15.1. The Morgan fingerprint density at radius 2 is 1.76 bits per heavy atom. The maximum Gasteiger partial charge on any atom is 0.258 e. The number of nitrogens with one attached hydrogen (secondary N) is 1. The molecule has 0 radical (unpaired) electrons. The zero-order valence-electron chi connectivity index (χ0n) is 18.3. The van der Waals surface area contributed by atoms with Gasteiger partial charge in [-0.15, -0.1) is 0 Å². The van der Waals surface area contributed by atoms with E-state index < -0.39 is 34.5 Å². The number of ketones is 1. The number of primary amides is 1. The molecule has 1 aliphatic rings. The van der Waals surface area contributed by atoms with Crippen molar-refractivity contribution in [2.24, 2.45) is 5.73 Å². The first kappa shape index (κ1) is 24.4. The molecule has 0 aliphatic carbocycles. The van der Waals surface area contributed by atoms with Crippen molar-refractivity contribution in [3.05, 3.63) is 59.7 Å². The van der Waals surface area contributed by atoms with Gasteiger partial charge in [-0.05, 0) is 49.9 Å². The second kappa shape index (κ2) is 10.6. The minimum absolute atomic E-state index is 0.0135. The van der Waals surface area contributed by atoms with Crippen molar-refractivity contribution in [3.8, 4) is 5.75 Å². The zero-order chi connectivity index (χ0) is 24.0. The third-order valence-electron chi connectivity index (χ3n) is 5.39. The lowest BCUT2D eigenvalue weighted by molar-refractivity contribution is -0.128. The molecule has 33 heavy (non-hydrogen) atoms. The van der Waals surface area contributed by atoms with Crippen LogP contribution in [0, 0.1) is 0 Å². The summed E-state index contributed by atoms with van der Waals surface area (Å²) in [7, 11) is -3.74. The number of benzene rings is 2. The molecular weight excluding hydrogens is 446 g/mol. The Labute approximate surface area is 193 Å². The van der Waals surface area contributed by atoms with E-state index in [-0.39, 0.29) is 22.0 Å². The summed E-state index contributed by atoms with van der Waals surface area (Å²) in [6.07, 6.45) is 1.89. The molecule has 2 aromatic carbocycles. The van der Waals surface area contributed by atoms with E-state index in [4.69, 9.17) is 10.5 Å². The topological polar surface area (TPSA) is 136 Å². The van der Waals surface area contributed by atoms with Crippen LogP contribution in [0.1, 0.15) is 35.7 Å². The van der Waals surface area contributed by atoms with Gasteiger partial charge in [0, 0.05) is 13.1 Å². The molecule has 10 heteroatoms. The fraction of sp³-hybridized carbons (Fsp3) is 0.348. The van der Waals surface area contributed by atoms with E-state index in [0.717, 1.165) is 24.5 Å². The van der Waals surface area contributed by atoms with E-state index in [1.54, 1.807) is 0 Å². The van der Waals surface area contributed by atoms with Crippen molar-refractivity contribution in [1.82, 2.24) is 9.62 Å². The molecule has 2 aromatic rings. The number of carbonyl (C=O) groups excluding carboxylic acids is 3. The van der Waals surface area contributed by atoms with Crippen LogP contribution < -0.4 is 15.8 Å². The number of sulfonamides is 1. The molecule has 1 atom stereocenters. The maximum absolute atomic E-state index is 12.8. The lowest BCUT2D eigenvalue weighted by Gasteiger charge is -2.18. The minimum Gasteiger partial charge on any atom is -0.483 e. The van der Waals surface area contributed by atoms with Gasteiger partial charge in [0.25, 0.3) is 11.8 Å². The average Bonchev–Trinajstić information content (AvgIpc) is 3.33. The predicted octanol–water partition coefficient (Wildman–Crippen LogP) is 1.27. The Hall–Kier alpha value is -3.24. The number of carbonyl (C=O) groups is 3. The number of ether oxygens (including phenoxy) is 1. The summed E-state index contributed by atoms with van der Waals surface area (Å²) >= 11 is 0. The first-order valence-electron chi connectivity index (χ1n) is 10.6. The second-order valence-corrected chi connectivity index (χ2v) is 9.78. The molecular formula is C23H27N3O6S. The average molecular weight is 474 g/mol. The number of hydrogen-bond acceptors (Lipinski definition) is 6. The van der Waals surface area contributed by atoms with Crippen molar-refractivity contribution in [2.75, 3.05) is 19.7 Å². The monoisotopic (exact) mass is 473 g/mol. The molecule has 1 fully saturated rings. The van der Waals surface area contributed by atoms with Gasteiger partial charge in [-0.1, -0.05) is 30.3 Å². The predicted molar refractivity (Wildman–Crippen MR) is 121 cm³/mol. The van der Waals surface area contributed by atoms with Crippen LogP contribution in [-0.4, -0.2) is 56.1 Å². The summed E-state index contributed by atoms with van der Waals surface area (Å²) in [6, 6.07) is 12.3. The van der Waals surface area contributed by atoms with Crippen LogP contribution in [0.3, 0.4) is 0 Å². The van der Waals surface area contributed by atoms with Gasteiger partial charge in [0.05, 0.1) is 16.5 Å². The third kappa shape index (κ3) is 6.17. The molecule has 1 saturated heterocycles. The summed E-state index contributed by atoms with van der Waals surface area (Å²) < 4.78 is 32.3. The molecule has 1 heterocycles. The summed E-state index contributed by atoms with van der Waals surface area (Å²) in [5.41, 5.74) is 6.17. The molecule has 3 rings (SSSR count). The molecule has 0 bridgehead atoms. The first-order valence-corrected chi connectivity index (χ1v) is 12.0. The van der Waals surface area contributed by atoms with Gasteiger partial charge in [0.1, 0.15) is 5.75 Å². The van der Waals surface area contributed by atoms with Crippen LogP contribution in [0.15, 0.2) is 53.4 Å². The third-order valence-corrected chi connectivity index (χ3v) is 7.28. The van der Waals surface area contributed by atoms with E-state index in [1.807, 2.05) is 30.3 Å². The molecule has 0 saturated carbocycles. The second-order valence-electron chi connectivity index (χ2n) is 7.84. The molecule has 9 nitrogen and oxygen atoms in total. The summed E-state index contributed by atoms with van der Waals surface area (Å²) in [6.45, 7) is 1.76. The highest BCUT2D eigenvalue weighted by molar-refractivity contribution is 7.89. The number of Topliss-reactive ketones (excluding diaryl/α,β-unsaturated/α-hetero) is 1. The van der Waals surface area contributed by atoms with Gasteiger partial charge in [-0.3, -0.25) is 14.4 Å². The standard InChI is InChI=1S/C23H27N3O6S/c1-16(27)20(13-17-7-3-2-4-8-17)25-22(28)15-32-21-10-9-18(14-19(21)23(24)29)33(30,31)26-11-5-6-12-26/h2-4,7-10,14,20H,5-6,11-13,15H2,1H3,(H2,24,29)(H,25,28)/t20-/m1/s1. The fourth-order valence-corrected chi connectivity index (χ4v) is 5.13. The Kier molecular flexibility index (Phi) is 7.83. The van der Waals surface area contributed by atoms with Crippen LogP contribution in [0.25, 0.3) is 0 Å². The van der Waals surface area contributed by atoms with Gasteiger partial charge in [-0.2, -0.15) is 4.31 Å². The number of rotatable bonds is 10. The van der Waals surface area contributed by atoms with E-state index in [0.29, 0.717) is 19.5 Å².